The lowest BCUT2D eigenvalue weighted by Gasteiger charge is -2.05. The van der Waals surface area contributed by atoms with E-state index in [-0.39, 0.29) is 0 Å². The van der Waals surface area contributed by atoms with Crippen LogP contribution in [-0.2, 0) is 6.54 Å². The molecule has 1 aromatic heterocycles. The maximum Gasteiger partial charge on any atom is 0.121 e. The van der Waals surface area contributed by atoms with Crippen molar-refractivity contribution in [3.8, 4) is 5.75 Å². The van der Waals surface area contributed by atoms with Gasteiger partial charge in [-0.2, -0.15) is 5.10 Å². The summed E-state index contributed by atoms with van der Waals surface area (Å²) in [4.78, 5) is 0. The lowest BCUT2D eigenvalue weighted by atomic mass is 10.2. The van der Waals surface area contributed by atoms with E-state index in [1.807, 2.05) is 47.3 Å². The van der Waals surface area contributed by atoms with Gasteiger partial charge in [-0.05, 0) is 17.7 Å². The van der Waals surface area contributed by atoms with Crippen molar-refractivity contribution in [2.75, 3.05) is 7.11 Å². The standard InChI is InChI=1S/C15H14N2O/c1-18-14-8-7-13-10-16-17(15(13)9-14)11-12-5-3-2-4-6-12/h2-10H,11H2,1H3. The van der Waals surface area contributed by atoms with Crippen molar-refractivity contribution < 1.29 is 4.74 Å². The third kappa shape index (κ3) is 1.95. The van der Waals surface area contributed by atoms with Crippen molar-refractivity contribution in [1.82, 2.24) is 9.78 Å². The van der Waals surface area contributed by atoms with Crippen LogP contribution in [0.25, 0.3) is 10.9 Å². The first-order valence-corrected chi connectivity index (χ1v) is 5.90. The third-order valence-corrected chi connectivity index (χ3v) is 3.03. The molecule has 0 aliphatic rings. The van der Waals surface area contributed by atoms with E-state index in [9.17, 15) is 0 Å². The molecule has 3 rings (SSSR count). The van der Waals surface area contributed by atoms with E-state index in [1.54, 1.807) is 7.11 Å². The molecule has 0 N–H and O–H groups in total. The molecule has 0 atom stereocenters. The molecule has 3 heteroatoms. The first-order valence-electron chi connectivity index (χ1n) is 5.90. The lowest BCUT2D eigenvalue weighted by molar-refractivity contribution is 0.415. The molecule has 3 aromatic rings. The second-order valence-electron chi connectivity index (χ2n) is 4.21. The summed E-state index contributed by atoms with van der Waals surface area (Å²) < 4.78 is 7.25. The fraction of sp³-hybridized carbons (Fsp3) is 0.133. The molecule has 0 spiro atoms. The van der Waals surface area contributed by atoms with Gasteiger partial charge in [0.1, 0.15) is 5.75 Å². The minimum absolute atomic E-state index is 0.775. The topological polar surface area (TPSA) is 27.1 Å². The first-order chi connectivity index (χ1) is 8.86. The predicted molar refractivity (Wildman–Crippen MR) is 71.8 cm³/mol. The van der Waals surface area contributed by atoms with Gasteiger partial charge in [-0.3, -0.25) is 4.68 Å². The Labute approximate surface area is 106 Å². The first kappa shape index (κ1) is 10.8. The summed E-state index contributed by atoms with van der Waals surface area (Å²) in [5.74, 6) is 0.859. The van der Waals surface area contributed by atoms with Crippen LogP contribution in [0.2, 0.25) is 0 Å². The van der Waals surface area contributed by atoms with Crippen molar-refractivity contribution in [2.45, 2.75) is 6.54 Å². The van der Waals surface area contributed by atoms with Crippen molar-refractivity contribution in [1.29, 1.82) is 0 Å². The van der Waals surface area contributed by atoms with Crippen molar-refractivity contribution >= 4 is 10.9 Å². The number of methoxy groups -OCH3 is 1. The van der Waals surface area contributed by atoms with Crippen LogP contribution in [0.5, 0.6) is 5.75 Å². The molecular weight excluding hydrogens is 224 g/mol. The second-order valence-corrected chi connectivity index (χ2v) is 4.21. The number of aromatic nitrogens is 2. The summed E-state index contributed by atoms with van der Waals surface area (Å²) >= 11 is 0. The van der Waals surface area contributed by atoms with Gasteiger partial charge in [0.25, 0.3) is 0 Å². The third-order valence-electron chi connectivity index (χ3n) is 3.03. The van der Waals surface area contributed by atoms with Gasteiger partial charge in [0.15, 0.2) is 0 Å². The predicted octanol–water partition coefficient (Wildman–Crippen LogP) is 3.09. The number of ether oxygens (including phenoxy) is 1. The van der Waals surface area contributed by atoms with Gasteiger partial charge in [0, 0.05) is 11.5 Å². The molecule has 90 valence electrons. The average molecular weight is 238 g/mol. The molecule has 0 bridgehead atoms. The fourth-order valence-electron chi connectivity index (χ4n) is 2.06. The molecule has 0 saturated heterocycles. The van der Waals surface area contributed by atoms with Crippen molar-refractivity contribution in [2.24, 2.45) is 0 Å². The highest BCUT2D eigenvalue weighted by atomic mass is 16.5. The summed E-state index contributed by atoms with van der Waals surface area (Å²) in [7, 11) is 1.68. The number of rotatable bonds is 3. The minimum atomic E-state index is 0.775. The van der Waals surface area contributed by atoms with Crippen LogP contribution in [-0.4, -0.2) is 16.9 Å². The van der Waals surface area contributed by atoms with Gasteiger partial charge in [-0.15, -0.1) is 0 Å². The van der Waals surface area contributed by atoms with Crippen LogP contribution in [0.15, 0.2) is 54.7 Å². The van der Waals surface area contributed by atoms with E-state index in [1.165, 1.54) is 5.56 Å². The van der Waals surface area contributed by atoms with E-state index in [4.69, 9.17) is 4.74 Å². The van der Waals surface area contributed by atoms with Gasteiger partial charge in [0.05, 0.1) is 25.4 Å². The Balaban J connectivity index is 2.01. The van der Waals surface area contributed by atoms with E-state index in [2.05, 4.69) is 17.2 Å². The molecule has 0 aliphatic heterocycles. The summed E-state index contributed by atoms with van der Waals surface area (Å²) in [6, 6.07) is 16.3. The minimum Gasteiger partial charge on any atom is -0.497 e. The van der Waals surface area contributed by atoms with Crippen LogP contribution < -0.4 is 4.74 Å². The van der Waals surface area contributed by atoms with Crippen molar-refractivity contribution in [3.63, 3.8) is 0 Å². The fourth-order valence-corrected chi connectivity index (χ4v) is 2.06. The quantitative estimate of drug-likeness (QED) is 0.701. The number of fused-ring (bicyclic) bond motifs is 1. The Kier molecular flexibility index (Phi) is 2.73. The molecule has 0 unspecified atom stereocenters. The smallest absolute Gasteiger partial charge is 0.121 e. The Morgan fingerprint density at radius 1 is 1.11 bits per heavy atom. The molecule has 0 aliphatic carbocycles. The summed E-state index contributed by atoms with van der Waals surface area (Å²) in [5, 5.41) is 5.56. The van der Waals surface area contributed by atoms with Gasteiger partial charge in [-0.25, -0.2) is 0 Å². The molecule has 2 aromatic carbocycles. The average Bonchev–Trinajstić information content (AvgIpc) is 2.82. The van der Waals surface area contributed by atoms with Gasteiger partial charge >= 0.3 is 0 Å². The number of benzene rings is 2. The number of hydrogen-bond acceptors (Lipinski definition) is 2. The normalized spacial score (nSPS) is 10.7. The highest BCUT2D eigenvalue weighted by molar-refractivity contribution is 5.80. The molecular formula is C15H14N2O. The van der Waals surface area contributed by atoms with E-state index >= 15 is 0 Å². The summed E-state index contributed by atoms with van der Waals surface area (Å²) in [6.45, 7) is 0.775. The zero-order valence-corrected chi connectivity index (χ0v) is 10.2. The molecule has 0 radical (unpaired) electrons. The molecule has 18 heavy (non-hydrogen) atoms. The number of hydrogen-bond donors (Lipinski definition) is 0. The summed E-state index contributed by atoms with van der Waals surface area (Å²) in [6.07, 6.45) is 1.89. The monoisotopic (exact) mass is 238 g/mol. The zero-order valence-electron chi connectivity index (χ0n) is 10.2. The van der Waals surface area contributed by atoms with Crippen molar-refractivity contribution in [3.05, 3.63) is 60.3 Å². The Morgan fingerprint density at radius 2 is 1.94 bits per heavy atom. The van der Waals surface area contributed by atoms with Gasteiger partial charge in [-0.1, -0.05) is 30.3 Å². The van der Waals surface area contributed by atoms with Gasteiger partial charge in [0.2, 0.25) is 0 Å². The second kappa shape index (κ2) is 4.53. The van der Waals surface area contributed by atoms with E-state index < -0.39 is 0 Å². The maximum atomic E-state index is 5.26. The SMILES string of the molecule is COc1ccc2cnn(Cc3ccccc3)c2c1. The molecule has 0 amide bonds. The van der Waals surface area contributed by atoms with Crippen LogP contribution in [0.4, 0.5) is 0 Å². The Bertz CT molecular complexity index is 659. The van der Waals surface area contributed by atoms with E-state index in [0.29, 0.717) is 0 Å². The highest BCUT2D eigenvalue weighted by Gasteiger charge is 2.04. The maximum absolute atomic E-state index is 5.26. The number of nitrogens with zero attached hydrogens (tertiary/aromatic N) is 2. The molecule has 3 nitrogen and oxygen atoms in total. The molecule has 0 saturated carbocycles. The van der Waals surface area contributed by atoms with E-state index in [0.717, 1.165) is 23.2 Å². The van der Waals surface area contributed by atoms with Crippen LogP contribution in [0.3, 0.4) is 0 Å². The Hall–Kier alpha value is -2.29. The molecule has 0 fully saturated rings. The van der Waals surface area contributed by atoms with Crippen LogP contribution in [0.1, 0.15) is 5.56 Å². The largest absolute Gasteiger partial charge is 0.497 e. The zero-order chi connectivity index (χ0) is 12.4. The molecule has 1 heterocycles. The van der Waals surface area contributed by atoms with Crippen LogP contribution in [0, 0.1) is 0 Å². The highest BCUT2D eigenvalue weighted by Crippen LogP contribution is 2.21. The Morgan fingerprint density at radius 3 is 2.72 bits per heavy atom. The summed E-state index contributed by atoms with van der Waals surface area (Å²) in [5.41, 5.74) is 2.34. The lowest BCUT2D eigenvalue weighted by Crippen LogP contribution is -2.01. The van der Waals surface area contributed by atoms with Gasteiger partial charge < -0.3 is 4.74 Å². The van der Waals surface area contributed by atoms with Crippen LogP contribution >= 0.6 is 0 Å².